The highest BCUT2D eigenvalue weighted by molar-refractivity contribution is 7.92. The molecule has 0 aliphatic rings. The van der Waals surface area contributed by atoms with Gasteiger partial charge < -0.3 is 5.73 Å². The van der Waals surface area contributed by atoms with Crippen LogP contribution in [0.4, 0.5) is 20.2 Å². The molecule has 0 aliphatic heterocycles. The Morgan fingerprint density at radius 1 is 1.15 bits per heavy atom. The lowest BCUT2D eigenvalue weighted by Gasteiger charge is -2.12. The summed E-state index contributed by atoms with van der Waals surface area (Å²) in [6.45, 7) is 1.51. The summed E-state index contributed by atoms with van der Waals surface area (Å²) in [5.41, 5.74) is 5.47. The van der Waals surface area contributed by atoms with Gasteiger partial charge in [0.05, 0.1) is 10.6 Å². The molecule has 0 heterocycles. The van der Waals surface area contributed by atoms with E-state index in [2.05, 4.69) is 0 Å². The van der Waals surface area contributed by atoms with Gasteiger partial charge >= 0.3 is 0 Å². The highest BCUT2D eigenvalue weighted by Crippen LogP contribution is 2.26. The van der Waals surface area contributed by atoms with Crippen LogP contribution in [0.15, 0.2) is 41.3 Å². The summed E-state index contributed by atoms with van der Waals surface area (Å²) < 4.78 is 53.2. The monoisotopic (exact) mass is 298 g/mol. The van der Waals surface area contributed by atoms with Gasteiger partial charge in [0, 0.05) is 0 Å². The summed E-state index contributed by atoms with van der Waals surface area (Å²) in [7, 11) is -4.12. The van der Waals surface area contributed by atoms with Crippen LogP contribution < -0.4 is 10.5 Å². The van der Waals surface area contributed by atoms with Crippen LogP contribution in [0.1, 0.15) is 5.56 Å². The summed E-state index contributed by atoms with van der Waals surface area (Å²) in [5, 5.41) is 0. The molecule has 4 nitrogen and oxygen atoms in total. The predicted octanol–water partition coefficient (Wildman–Crippen LogP) is 2.66. The Hall–Kier alpha value is -2.15. The number of benzene rings is 2. The van der Waals surface area contributed by atoms with E-state index in [-0.39, 0.29) is 16.3 Å². The second-order valence-electron chi connectivity index (χ2n) is 4.22. The zero-order valence-electron chi connectivity index (χ0n) is 10.5. The first-order chi connectivity index (χ1) is 9.31. The van der Waals surface area contributed by atoms with Gasteiger partial charge in [-0.2, -0.15) is 0 Å². The number of nitrogen functional groups attached to an aromatic ring is 1. The SMILES string of the molecule is Cc1ccc(F)cc1S(=O)(=O)Nc1c(N)cccc1F. The minimum Gasteiger partial charge on any atom is -0.397 e. The number of halogens is 2. The Kier molecular flexibility index (Phi) is 3.63. The van der Waals surface area contributed by atoms with Gasteiger partial charge in [0.1, 0.15) is 17.3 Å². The van der Waals surface area contributed by atoms with E-state index < -0.39 is 21.7 Å². The first-order valence-electron chi connectivity index (χ1n) is 5.64. The standard InChI is InChI=1S/C13H12F2N2O2S/c1-8-5-6-9(14)7-12(8)20(18,19)17-13-10(15)3-2-4-11(13)16/h2-7,17H,16H2,1H3. The number of aryl methyl sites for hydroxylation is 1. The number of hydrogen-bond acceptors (Lipinski definition) is 3. The van der Waals surface area contributed by atoms with Gasteiger partial charge in [-0.3, -0.25) is 4.72 Å². The molecule has 0 amide bonds. The number of anilines is 2. The minimum atomic E-state index is -4.12. The van der Waals surface area contributed by atoms with E-state index in [4.69, 9.17) is 5.73 Å². The average molecular weight is 298 g/mol. The first-order valence-corrected chi connectivity index (χ1v) is 7.12. The Labute approximate surface area is 115 Å². The maximum absolute atomic E-state index is 13.6. The van der Waals surface area contributed by atoms with E-state index in [1.54, 1.807) is 0 Å². The van der Waals surface area contributed by atoms with Gasteiger partial charge in [-0.15, -0.1) is 0 Å². The largest absolute Gasteiger partial charge is 0.397 e. The fourth-order valence-electron chi connectivity index (χ4n) is 1.70. The third-order valence-electron chi connectivity index (χ3n) is 2.72. The Morgan fingerprint density at radius 3 is 2.50 bits per heavy atom. The molecule has 0 bridgehead atoms. The zero-order chi connectivity index (χ0) is 14.9. The van der Waals surface area contributed by atoms with Crippen molar-refractivity contribution in [3.8, 4) is 0 Å². The van der Waals surface area contributed by atoms with Crippen LogP contribution in [0, 0.1) is 18.6 Å². The molecule has 2 rings (SSSR count). The number of sulfonamides is 1. The Bertz CT molecular complexity index is 741. The Morgan fingerprint density at radius 2 is 1.85 bits per heavy atom. The molecule has 3 N–H and O–H groups in total. The van der Waals surface area contributed by atoms with Crippen molar-refractivity contribution >= 4 is 21.4 Å². The van der Waals surface area contributed by atoms with E-state index in [9.17, 15) is 17.2 Å². The lowest BCUT2D eigenvalue weighted by molar-refractivity contribution is 0.592. The van der Waals surface area contributed by atoms with Crippen LogP contribution in [0.5, 0.6) is 0 Å². The van der Waals surface area contributed by atoms with E-state index in [0.717, 1.165) is 18.2 Å². The van der Waals surface area contributed by atoms with Crippen LogP contribution in [0.3, 0.4) is 0 Å². The second kappa shape index (κ2) is 5.09. The predicted molar refractivity (Wildman–Crippen MR) is 72.8 cm³/mol. The number of para-hydroxylation sites is 1. The summed E-state index contributed by atoms with van der Waals surface area (Å²) >= 11 is 0. The third kappa shape index (κ3) is 2.72. The molecule has 0 atom stereocenters. The van der Waals surface area contributed by atoms with Crippen molar-refractivity contribution in [1.29, 1.82) is 0 Å². The molecular weight excluding hydrogens is 286 g/mol. The molecule has 2 aromatic carbocycles. The number of nitrogens with one attached hydrogen (secondary N) is 1. The number of rotatable bonds is 3. The maximum Gasteiger partial charge on any atom is 0.262 e. The van der Waals surface area contributed by atoms with Crippen LogP contribution in [0.25, 0.3) is 0 Å². The van der Waals surface area contributed by atoms with Crippen molar-refractivity contribution in [2.24, 2.45) is 0 Å². The van der Waals surface area contributed by atoms with Gasteiger partial charge in [0.2, 0.25) is 0 Å². The lowest BCUT2D eigenvalue weighted by Crippen LogP contribution is -2.16. The van der Waals surface area contributed by atoms with E-state index in [0.29, 0.717) is 5.56 Å². The third-order valence-corrected chi connectivity index (χ3v) is 4.21. The van der Waals surface area contributed by atoms with Crippen molar-refractivity contribution < 1.29 is 17.2 Å². The number of nitrogens with two attached hydrogens (primary N) is 1. The van der Waals surface area contributed by atoms with Gasteiger partial charge in [0.25, 0.3) is 10.0 Å². The molecule has 2 aromatic rings. The summed E-state index contributed by atoms with van der Waals surface area (Å²) in [6, 6.07) is 7.14. The fraction of sp³-hybridized carbons (Fsp3) is 0.0769. The average Bonchev–Trinajstić information content (AvgIpc) is 2.37. The molecule has 0 aliphatic carbocycles. The molecule has 0 radical (unpaired) electrons. The van der Waals surface area contributed by atoms with Crippen LogP contribution in [-0.4, -0.2) is 8.42 Å². The molecule has 0 unspecified atom stereocenters. The van der Waals surface area contributed by atoms with Crippen LogP contribution in [-0.2, 0) is 10.0 Å². The molecule has 0 aromatic heterocycles. The second-order valence-corrected chi connectivity index (χ2v) is 5.87. The highest BCUT2D eigenvalue weighted by Gasteiger charge is 2.20. The van der Waals surface area contributed by atoms with Crippen molar-refractivity contribution in [2.45, 2.75) is 11.8 Å². The maximum atomic E-state index is 13.6. The van der Waals surface area contributed by atoms with Crippen LogP contribution >= 0.6 is 0 Å². The molecular formula is C13H12F2N2O2S. The fourth-order valence-corrected chi connectivity index (χ4v) is 3.05. The van der Waals surface area contributed by atoms with E-state index in [1.807, 2.05) is 4.72 Å². The van der Waals surface area contributed by atoms with Gasteiger partial charge in [0.15, 0.2) is 0 Å². The van der Waals surface area contributed by atoms with Crippen molar-refractivity contribution in [2.75, 3.05) is 10.5 Å². The van der Waals surface area contributed by atoms with Gasteiger partial charge in [-0.1, -0.05) is 12.1 Å². The van der Waals surface area contributed by atoms with Gasteiger partial charge in [-0.05, 0) is 36.8 Å². The van der Waals surface area contributed by atoms with Crippen molar-refractivity contribution in [3.05, 3.63) is 53.6 Å². The summed E-state index contributed by atoms with van der Waals surface area (Å²) in [6.07, 6.45) is 0. The molecule has 20 heavy (non-hydrogen) atoms. The highest BCUT2D eigenvalue weighted by atomic mass is 32.2. The molecule has 7 heteroatoms. The van der Waals surface area contributed by atoms with Crippen molar-refractivity contribution in [3.63, 3.8) is 0 Å². The Balaban J connectivity index is 2.49. The molecule has 0 saturated carbocycles. The number of hydrogen-bond donors (Lipinski definition) is 2. The van der Waals surface area contributed by atoms with E-state index >= 15 is 0 Å². The topological polar surface area (TPSA) is 72.2 Å². The smallest absolute Gasteiger partial charge is 0.262 e. The lowest BCUT2D eigenvalue weighted by atomic mass is 10.2. The summed E-state index contributed by atoms with van der Waals surface area (Å²) in [4.78, 5) is -0.264. The van der Waals surface area contributed by atoms with E-state index in [1.165, 1.54) is 25.1 Å². The normalized spacial score (nSPS) is 11.3. The van der Waals surface area contributed by atoms with Gasteiger partial charge in [-0.25, -0.2) is 17.2 Å². The first kappa shape index (κ1) is 14.3. The van der Waals surface area contributed by atoms with Crippen molar-refractivity contribution in [1.82, 2.24) is 0 Å². The minimum absolute atomic E-state index is 0.0531. The quantitative estimate of drug-likeness (QED) is 0.856. The summed E-state index contributed by atoms with van der Waals surface area (Å²) in [5.74, 6) is -1.50. The molecule has 0 saturated heterocycles. The van der Waals surface area contributed by atoms with Crippen LogP contribution in [0.2, 0.25) is 0 Å². The molecule has 106 valence electrons. The molecule has 0 spiro atoms. The zero-order valence-corrected chi connectivity index (χ0v) is 11.3. The molecule has 0 fully saturated rings.